The monoisotopic (exact) mass is 325 g/mol. The molecule has 0 bridgehead atoms. The fraction of sp³-hybridized carbons (Fsp3) is 0.500. The highest BCUT2D eigenvalue weighted by atomic mass is 16.5. The molecule has 0 fully saturated rings. The van der Waals surface area contributed by atoms with Gasteiger partial charge in [-0.2, -0.15) is 0 Å². The molecule has 3 N–H and O–H groups in total. The van der Waals surface area contributed by atoms with Crippen LogP contribution in [0.15, 0.2) is 18.2 Å². The molecule has 0 heterocycles. The Bertz CT molecular complexity index is 531. The molecule has 1 aromatic carbocycles. The number of aliphatic hydroxyl groups excluding tert-OH is 1. The second-order valence-corrected chi connectivity index (χ2v) is 5.01. The van der Waals surface area contributed by atoms with Gasteiger partial charge in [0.25, 0.3) is 0 Å². The van der Waals surface area contributed by atoms with Crippen molar-refractivity contribution in [1.82, 2.24) is 5.32 Å². The smallest absolute Gasteiger partial charge is 0.303 e. The number of ether oxygens (including phenoxy) is 2. The van der Waals surface area contributed by atoms with Gasteiger partial charge in [-0.05, 0) is 25.0 Å². The lowest BCUT2D eigenvalue weighted by Crippen LogP contribution is -2.25. The molecule has 1 aromatic rings. The van der Waals surface area contributed by atoms with E-state index in [0.717, 1.165) is 0 Å². The Kier molecular flexibility index (Phi) is 7.90. The number of carbonyl (C=O) groups is 2. The van der Waals surface area contributed by atoms with Crippen molar-refractivity contribution < 1.29 is 29.3 Å². The van der Waals surface area contributed by atoms with E-state index in [1.165, 1.54) is 7.11 Å². The van der Waals surface area contributed by atoms with Crippen LogP contribution < -0.4 is 14.8 Å². The lowest BCUT2D eigenvalue weighted by molar-refractivity contribution is -0.137. The second-order valence-electron chi connectivity index (χ2n) is 5.01. The van der Waals surface area contributed by atoms with Crippen molar-refractivity contribution in [2.75, 3.05) is 20.8 Å². The van der Waals surface area contributed by atoms with Crippen LogP contribution in [0.3, 0.4) is 0 Å². The number of amides is 1. The minimum absolute atomic E-state index is 0.0198. The van der Waals surface area contributed by atoms with Gasteiger partial charge in [-0.25, -0.2) is 0 Å². The molecule has 1 rings (SSSR count). The number of carboxylic acid groups (broad SMARTS) is 1. The predicted octanol–water partition coefficient (Wildman–Crippen LogP) is 1.50. The molecule has 1 atom stereocenters. The number of carbonyl (C=O) groups excluding carboxylic acids is 1. The maximum absolute atomic E-state index is 11.7. The molecular formula is C16H23NO6. The normalized spacial score (nSPS) is 11.6. The predicted molar refractivity (Wildman–Crippen MR) is 83.6 cm³/mol. The molecule has 7 heteroatoms. The van der Waals surface area contributed by atoms with Gasteiger partial charge < -0.3 is 25.0 Å². The highest BCUT2D eigenvalue weighted by molar-refractivity contribution is 5.76. The number of carboxylic acids is 1. The van der Waals surface area contributed by atoms with E-state index in [0.29, 0.717) is 30.0 Å². The molecule has 0 spiro atoms. The van der Waals surface area contributed by atoms with Crippen LogP contribution in [0.2, 0.25) is 0 Å². The van der Waals surface area contributed by atoms with Gasteiger partial charge in [0.1, 0.15) is 11.5 Å². The van der Waals surface area contributed by atoms with Crippen LogP contribution in [0, 0.1) is 0 Å². The Balaban J connectivity index is 2.45. The topological polar surface area (TPSA) is 105 Å². The number of nitrogens with one attached hydrogen (secondary N) is 1. The number of rotatable bonds is 10. The number of aliphatic carboxylic acids is 1. The van der Waals surface area contributed by atoms with E-state index >= 15 is 0 Å². The van der Waals surface area contributed by atoms with Crippen molar-refractivity contribution in [2.24, 2.45) is 0 Å². The van der Waals surface area contributed by atoms with Crippen LogP contribution >= 0.6 is 0 Å². The van der Waals surface area contributed by atoms with Gasteiger partial charge in [-0.3, -0.25) is 9.59 Å². The Hall–Kier alpha value is -2.28. The molecule has 0 saturated carbocycles. The van der Waals surface area contributed by atoms with E-state index in [2.05, 4.69) is 5.32 Å². The minimum atomic E-state index is -0.888. The molecule has 128 valence electrons. The van der Waals surface area contributed by atoms with Crippen molar-refractivity contribution in [3.8, 4) is 11.5 Å². The maximum atomic E-state index is 11.7. The van der Waals surface area contributed by atoms with Crippen molar-refractivity contribution in [2.45, 2.75) is 31.8 Å². The van der Waals surface area contributed by atoms with Crippen molar-refractivity contribution in [3.63, 3.8) is 0 Å². The Morgan fingerprint density at radius 3 is 2.57 bits per heavy atom. The maximum Gasteiger partial charge on any atom is 0.303 e. The van der Waals surface area contributed by atoms with E-state index in [9.17, 15) is 14.7 Å². The van der Waals surface area contributed by atoms with Gasteiger partial charge in [0.2, 0.25) is 5.91 Å². The van der Waals surface area contributed by atoms with Crippen LogP contribution in [-0.4, -0.2) is 42.9 Å². The summed E-state index contributed by atoms with van der Waals surface area (Å²) in [7, 11) is 3.04. The van der Waals surface area contributed by atoms with Gasteiger partial charge >= 0.3 is 5.97 Å². The van der Waals surface area contributed by atoms with Crippen LogP contribution in [0.1, 0.15) is 37.4 Å². The van der Waals surface area contributed by atoms with Crippen molar-refractivity contribution in [1.29, 1.82) is 0 Å². The number of aliphatic hydroxyl groups is 1. The Labute approximate surface area is 135 Å². The van der Waals surface area contributed by atoms with E-state index in [-0.39, 0.29) is 25.2 Å². The number of methoxy groups -OCH3 is 2. The average molecular weight is 325 g/mol. The first-order chi connectivity index (χ1) is 11.0. The third-order valence-corrected chi connectivity index (χ3v) is 3.33. The van der Waals surface area contributed by atoms with E-state index in [1.54, 1.807) is 25.3 Å². The summed E-state index contributed by atoms with van der Waals surface area (Å²) in [6.07, 6.45) is -0.0423. The summed E-state index contributed by atoms with van der Waals surface area (Å²) in [5.74, 6) is 0.0101. The summed E-state index contributed by atoms with van der Waals surface area (Å²) in [6.45, 7) is 0.313. The van der Waals surface area contributed by atoms with E-state index in [1.807, 2.05) is 0 Å². The molecule has 0 saturated heterocycles. The second kappa shape index (κ2) is 9.68. The highest BCUT2D eigenvalue weighted by Crippen LogP contribution is 2.31. The molecule has 0 radical (unpaired) electrons. The average Bonchev–Trinajstić information content (AvgIpc) is 2.55. The third kappa shape index (κ3) is 6.56. The summed E-state index contributed by atoms with van der Waals surface area (Å²) < 4.78 is 10.3. The minimum Gasteiger partial charge on any atom is -0.497 e. The Morgan fingerprint density at radius 2 is 1.96 bits per heavy atom. The third-order valence-electron chi connectivity index (χ3n) is 3.33. The largest absolute Gasteiger partial charge is 0.497 e. The summed E-state index contributed by atoms with van der Waals surface area (Å²) in [5, 5.41) is 21.3. The quantitative estimate of drug-likeness (QED) is 0.563. The molecule has 7 nitrogen and oxygen atoms in total. The first kappa shape index (κ1) is 18.8. The van der Waals surface area contributed by atoms with Crippen LogP contribution in [0.4, 0.5) is 0 Å². The van der Waals surface area contributed by atoms with Crippen molar-refractivity contribution in [3.05, 3.63) is 23.8 Å². The lowest BCUT2D eigenvalue weighted by Gasteiger charge is -2.15. The van der Waals surface area contributed by atoms with Gasteiger partial charge in [-0.15, -0.1) is 0 Å². The first-order valence-electron chi connectivity index (χ1n) is 7.36. The number of hydrogen-bond acceptors (Lipinski definition) is 5. The van der Waals surface area contributed by atoms with Crippen LogP contribution in [0.25, 0.3) is 0 Å². The number of hydrogen-bond donors (Lipinski definition) is 3. The highest BCUT2D eigenvalue weighted by Gasteiger charge is 2.15. The molecule has 1 amide bonds. The molecular weight excluding hydrogens is 302 g/mol. The SMILES string of the molecule is COc1ccc(C(O)CCC(=O)NCCCC(=O)O)c(OC)c1. The zero-order chi connectivity index (χ0) is 17.2. The van der Waals surface area contributed by atoms with Gasteiger partial charge in [-0.1, -0.05) is 0 Å². The summed E-state index contributed by atoms with van der Waals surface area (Å²) in [4.78, 5) is 22.0. The van der Waals surface area contributed by atoms with Gasteiger partial charge in [0, 0.05) is 31.0 Å². The van der Waals surface area contributed by atoms with Crippen LogP contribution in [-0.2, 0) is 9.59 Å². The van der Waals surface area contributed by atoms with Gasteiger partial charge in [0.05, 0.1) is 20.3 Å². The van der Waals surface area contributed by atoms with E-state index in [4.69, 9.17) is 14.6 Å². The van der Waals surface area contributed by atoms with Crippen molar-refractivity contribution >= 4 is 11.9 Å². The van der Waals surface area contributed by atoms with Gasteiger partial charge in [0.15, 0.2) is 0 Å². The van der Waals surface area contributed by atoms with E-state index < -0.39 is 12.1 Å². The Morgan fingerprint density at radius 1 is 1.22 bits per heavy atom. The molecule has 0 aliphatic heterocycles. The molecule has 1 unspecified atom stereocenters. The number of benzene rings is 1. The molecule has 0 aliphatic rings. The zero-order valence-corrected chi connectivity index (χ0v) is 13.4. The lowest BCUT2D eigenvalue weighted by atomic mass is 10.0. The molecule has 0 aromatic heterocycles. The molecule has 0 aliphatic carbocycles. The fourth-order valence-electron chi connectivity index (χ4n) is 2.07. The zero-order valence-electron chi connectivity index (χ0n) is 13.4. The summed E-state index contributed by atoms with van der Waals surface area (Å²) in [5.41, 5.74) is 0.590. The fourth-order valence-corrected chi connectivity index (χ4v) is 2.07. The summed E-state index contributed by atoms with van der Waals surface area (Å²) in [6, 6.07) is 5.09. The molecule has 23 heavy (non-hydrogen) atoms. The first-order valence-corrected chi connectivity index (χ1v) is 7.36. The summed E-state index contributed by atoms with van der Waals surface area (Å²) >= 11 is 0. The van der Waals surface area contributed by atoms with Crippen LogP contribution in [0.5, 0.6) is 11.5 Å². The standard InChI is InChI=1S/C16H23NO6/c1-22-11-5-6-12(14(10-11)23-2)13(18)7-8-15(19)17-9-3-4-16(20)21/h5-6,10,13,18H,3-4,7-9H2,1-2H3,(H,17,19)(H,20,21).